The molecule has 0 bridgehead atoms. The van der Waals surface area contributed by atoms with Crippen LogP contribution >= 0.6 is 11.8 Å². The summed E-state index contributed by atoms with van der Waals surface area (Å²) in [5.74, 6) is 5.58. The highest BCUT2D eigenvalue weighted by atomic mass is 32.2. The summed E-state index contributed by atoms with van der Waals surface area (Å²) < 4.78 is 12.5. The van der Waals surface area contributed by atoms with Gasteiger partial charge in [0, 0.05) is 41.4 Å². The Hall–Kier alpha value is -2.48. The number of rotatable bonds is 10. The number of thioether (sulfide) groups is 1. The molecule has 0 aliphatic heterocycles. The predicted molar refractivity (Wildman–Crippen MR) is 133 cm³/mol. The van der Waals surface area contributed by atoms with Gasteiger partial charge >= 0.3 is 0 Å². The first-order valence-electron chi connectivity index (χ1n) is 9.99. The molecule has 1 amide bonds. The lowest BCUT2D eigenvalue weighted by Crippen LogP contribution is -2.29. The third-order valence-corrected chi connectivity index (χ3v) is 6.08. The summed E-state index contributed by atoms with van der Waals surface area (Å²) in [5.41, 5.74) is 21.2. The van der Waals surface area contributed by atoms with Crippen molar-refractivity contribution in [1.82, 2.24) is 10.9 Å². The summed E-state index contributed by atoms with van der Waals surface area (Å²) in [5, 5.41) is 12.4. The average Bonchev–Trinajstić information content (AvgIpc) is 2.81. The minimum absolute atomic E-state index is 0.0198. The molecule has 0 aromatic heterocycles. The third-order valence-electron chi connectivity index (χ3n) is 4.03. The highest BCUT2D eigenvalue weighted by molar-refractivity contribution is 7.99. The second-order valence-electron chi connectivity index (χ2n) is 5.97. The number of hydrogen-bond acceptors (Lipinski definition) is 8. The van der Waals surface area contributed by atoms with Crippen molar-refractivity contribution in [2.75, 3.05) is 25.4 Å². The zero-order valence-electron chi connectivity index (χ0n) is 18.3. The van der Waals surface area contributed by atoms with Crippen LogP contribution in [-0.4, -0.2) is 41.3 Å². The molecule has 10 nitrogen and oxygen atoms in total. The molecule has 32 heavy (non-hydrogen) atoms. The smallest absolute Gasteiger partial charge is 0.251 e. The Morgan fingerprint density at radius 1 is 1.09 bits per heavy atom. The number of hydrogen-bond donors (Lipinski definition) is 7. The summed E-state index contributed by atoms with van der Waals surface area (Å²) in [6, 6.07) is 10.5. The van der Waals surface area contributed by atoms with Gasteiger partial charge in [0.25, 0.3) is 5.91 Å². The van der Waals surface area contributed by atoms with E-state index in [-0.39, 0.29) is 11.7 Å². The Balaban J connectivity index is 0.00000249. The molecule has 0 fully saturated rings. The van der Waals surface area contributed by atoms with E-state index >= 15 is 0 Å². The highest BCUT2D eigenvalue weighted by Gasteiger charge is 2.23. The maximum Gasteiger partial charge on any atom is 0.251 e. The Morgan fingerprint density at radius 2 is 1.78 bits per heavy atom. The van der Waals surface area contributed by atoms with Crippen LogP contribution in [0.1, 0.15) is 29.8 Å². The molecule has 0 heterocycles. The number of carbonyl (C=O) groups is 1. The van der Waals surface area contributed by atoms with Crippen molar-refractivity contribution in [1.29, 1.82) is 0 Å². The highest BCUT2D eigenvalue weighted by Crippen LogP contribution is 2.36. The molecule has 0 aliphatic rings. The molecule has 2 aromatic rings. The number of benzene rings is 2. The van der Waals surface area contributed by atoms with Crippen molar-refractivity contribution in [3.8, 4) is 11.1 Å². The molecule has 0 saturated carbocycles. The van der Waals surface area contributed by atoms with E-state index in [1.165, 1.54) is 11.8 Å². The van der Waals surface area contributed by atoms with Gasteiger partial charge in [-0.15, -0.1) is 16.9 Å². The van der Waals surface area contributed by atoms with Gasteiger partial charge in [-0.05, 0) is 23.3 Å². The van der Waals surface area contributed by atoms with E-state index in [9.17, 15) is 9.00 Å². The molecule has 12 N–H and O–H groups in total. The molecule has 0 radical (unpaired) electrons. The lowest BCUT2D eigenvalue weighted by atomic mass is 9.94. The van der Waals surface area contributed by atoms with Crippen molar-refractivity contribution in [3.05, 3.63) is 47.5 Å². The van der Waals surface area contributed by atoms with Crippen LogP contribution in [0.4, 0.5) is 0 Å². The molecule has 2 rings (SSSR count). The first kappa shape index (κ1) is 27.6. The molecule has 1 atom stereocenters. The van der Waals surface area contributed by atoms with Gasteiger partial charge in [0.2, 0.25) is 0 Å². The summed E-state index contributed by atoms with van der Waals surface area (Å²) in [7, 11) is -1.89. The van der Waals surface area contributed by atoms with Crippen molar-refractivity contribution >= 4 is 34.5 Å². The number of hydrazine groups is 1. The van der Waals surface area contributed by atoms with Crippen LogP contribution in [0.2, 0.25) is 0 Å². The topological polar surface area (TPSA) is 201 Å². The van der Waals surface area contributed by atoms with E-state index in [2.05, 4.69) is 16.0 Å². The van der Waals surface area contributed by atoms with Crippen LogP contribution < -0.4 is 39.0 Å². The fourth-order valence-corrected chi connectivity index (χ4v) is 4.69. The van der Waals surface area contributed by atoms with E-state index in [1.807, 2.05) is 13.8 Å². The maximum absolute atomic E-state index is 12.7. The van der Waals surface area contributed by atoms with Crippen molar-refractivity contribution in [3.63, 3.8) is 0 Å². The van der Waals surface area contributed by atoms with Gasteiger partial charge in [0.15, 0.2) is 5.84 Å². The average molecular weight is 481 g/mol. The number of nitrogens with one attached hydrogen (secondary N) is 2. The van der Waals surface area contributed by atoms with E-state index in [4.69, 9.17) is 28.2 Å². The monoisotopic (exact) mass is 480 g/mol. The van der Waals surface area contributed by atoms with Gasteiger partial charge in [0.05, 0.1) is 4.90 Å². The lowest BCUT2D eigenvalue weighted by molar-refractivity contribution is 0.0955. The van der Waals surface area contributed by atoms with Gasteiger partial charge in [0.1, 0.15) is 11.0 Å². The molecule has 1 unspecified atom stereocenters. The first-order valence-corrected chi connectivity index (χ1v) is 12.2. The van der Waals surface area contributed by atoms with Gasteiger partial charge in [-0.2, -0.15) is 0 Å². The number of carbonyl (C=O) groups excluding carboxylic acids is 1. The molecule has 0 aliphatic carbocycles. The van der Waals surface area contributed by atoms with Crippen LogP contribution in [0, 0.1) is 0 Å². The van der Waals surface area contributed by atoms with Crippen molar-refractivity contribution in [2.24, 2.45) is 33.3 Å². The van der Waals surface area contributed by atoms with Gasteiger partial charge in [-0.25, -0.2) is 20.7 Å². The second kappa shape index (κ2) is 14.6. The fraction of sp³-hybridized carbons (Fsp3) is 0.300. The zero-order chi connectivity index (χ0) is 24.1. The number of hydrazone groups is 1. The van der Waals surface area contributed by atoms with Gasteiger partial charge in [-0.1, -0.05) is 38.1 Å². The summed E-state index contributed by atoms with van der Waals surface area (Å²) in [6.07, 6.45) is 0. The number of nitrogens with two attached hydrogens (primary N) is 5. The largest absolute Gasteiger partial charge is 0.382 e. The summed E-state index contributed by atoms with van der Waals surface area (Å²) in [6.45, 7) is 5.06. The van der Waals surface area contributed by atoms with Crippen molar-refractivity contribution in [2.45, 2.75) is 23.6 Å². The second-order valence-corrected chi connectivity index (χ2v) is 8.11. The molecule has 2 aromatic carbocycles. The number of amidine groups is 1. The lowest BCUT2D eigenvalue weighted by Gasteiger charge is -2.18. The van der Waals surface area contributed by atoms with Crippen LogP contribution in [0.15, 0.2) is 51.3 Å². The number of amides is 1. The Labute approximate surface area is 195 Å². The SMILES string of the molecule is CC.NCCNC(=O)c1ccccc1-c1ccc(SCCN)c(S(N)=O)c1/C(N)=N/NN. The van der Waals surface area contributed by atoms with Crippen LogP contribution in [0.3, 0.4) is 0 Å². The van der Waals surface area contributed by atoms with E-state index in [0.717, 1.165) is 0 Å². The Bertz CT molecular complexity index is 953. The summed E-state index contributed by atoms with van der Waals surface area (Å²) >= 11 is 1.40. The third kappa shape index (κ3) is 7.02. The molecule has 176 valence electrons. The van der Waals surface area contributed by atoms with Crippen LogP contribution in [0.25, 0.3) is 11.1 Å². The molecular formula is C20H32N8O2S2. The van der Waals surface area contributed by atoms with E-state index in [0.29, 0.717) is 57.4 Å². The molecular weight excluding hydrogens is 448 g/mol. The standard InChI is InChI=1S/C18H26N8O2S2.C2H6/c19-7-9-24-18(27)13-4-2-1-3-11(13)12-5-6-14(29-10-8-20)16(30(23)28)15(12)17(21)25-26-22;1-2/h1-6,26H,7-10,19-20,22-23H2,(H2,21,25)(H,24,27);1-2H3. The minimum atomic E-state index is -1.89. The van der Waals surface area contributed by atoms with Crippen molar-refractivity contribution < 1.29 is 9.00 Å². The Kier molecular flexibility index (Phi) is 12.5. The first-order chi connectivity index (χ1) is 15.5. The van der Waals surface area contributed by atoms with Gasteiger partial charge < -0.3 is 22.5 Å². The molecule has 0 saturated heterocycles. The molecule has 0 spiro atoms. The normalized spacial score (nSPS) is 11.9. The van der Waals surface area contributed by atoms with Crippen LogP contribution in [0.5, 0.6) is 0 Å². The Morgan fingerprint density at radius 3 is 2.38 bits per heavy atom. The van der Waals surface area contributed by atoms with Gasteiger partial charge in [-0.3, -0.25) is 4.79 Å². The quantitative estimate of drug-likeness (QED) is 0.0820. The maximum atomic E-state index is 12.7. The van der Waals surface area contributed by atoms with E-state index in [1.54, 1.807) is 36.4 Å². The predicted octanol–water partition coefficient (Wildman–Crippen LogP) is 0.184. The fourth-order valence-electron chi connectivity index (χ4n) is 2.85. The van der Waals surface area contributed by atoms with E-state index < -0.39 is 11.0 Å². The number of nitrogens with zero attached hydrogens (tertiary/aromatic N) is 1. The summed E-state index contributed by atoms with van der Waals surface area (Å²) in [4.78, 5) is 13.6. The zero-order valence-corrected chi connectivity index (χ0v) is 19.9. The molecule has 12 heteroatoms. The minimum Gasteiger partial charge on any atom is -0.382 e. The van der Waals surface area contributed by atoms with Crippen LogP contribution in [-0.2, 0) is 11.0 Å².